The fourth-order valence-corrected chi connectivity index (χ4v) is 3.90. The van der Waals surface area contributed by atoms with Crippen LogP contribution in [-0.2, 0) is 11.2 Å². The zero-order chi connectivity index (χ0) is 17.0. The van der Waals surface area contributed by atoms with Crippen LogP contribution in [0.3, 0.4) is 0 Å². The van der Waals surface area contributed by atoms with Gasteiger partial charge in [0.1, 0.15) is 5.00 Å². The Hall–Kier alpha value is -1.44. The molecule has 1 aromatic carbocycles. The van der Waals surface area contributed by atoms with Crippen molar-refractivity contribution in [1.82, 2.24) is 0 Å². The normalized spacial score (nSPS) is 10.3. The molecule has 122 valence electrons. The number of hydrogen-bond acceptors (Lipinski definition) is 4. The number of thiocarbonyl (C=S) groups is 1. The Kier molecular flexibility index (Phi) is 6.15. The van der Waals surface area contributed by atoms with Crippen LogP contribution >= 0.6 is 39.5 Å². The Balaban J connectivity index is 2.20. The van der Waals surface area contributed by atoms with E-state index in [0.717, 1.165) is 27.0 Å². The largest absolute Gasteiger partial charge is 0.465 e. The first-order valence-corrected chi connectivity index (χ1v) is 9.02. The minimum Gasteiger partial charge on any atom is -0.465 e. The van der Waals surface area contributed by atoms with Gasteiger partial charge in [0.15, 0.2) is 5.11 Å². The summed E-state index contributed by atoms with van der Waals surface area (Å²) in [5, 5.41) is 7.35. The number of halogens is 1. The summed E-state index contributed by atoms with van der Waals surface area (Å²) >= 11 is 10.2. The second-order valence-corrected chi connectivity index (χ2v) is 7.32. The van der Waals surface area contributed by atoms with Crippen molar-refractivity contribution in [3.8, 4) is 0 Å². The van der Waals surface area contributed by atoms with Crippen molar-refractivity contribution in [2.24, 2.45) is 0 Å². The van der Waals surface area contributed by atoms with Crippen LogP contribution in [0, 0.1) is 6.92 Å². The zero-order valence-electron chi connectivity index (χ0n) is 13.0. The van der Waals surface area contributed by atoms with Crippen LogP contribution < -0.4 is 10.6 Å². The van der Waals surface area contributed by atoms with Gasteiger partial charge in [0.2, 0.25) is 0 Å². The number of rotatable bonds is 4. The maximum atomic E-state index is 12.1. The first-order valence-electron chi connectivity index (χ1n) is 7.00. The van der Waals surface area contributed by atoms with Gasteiger partial charge >= 0.3 is 5.97 Å². The van der Waals surface area contributed by atoms with Gasteiger partial charge < -0.3 is 15.4 Å². The fraction of sp³-hybridized carbons (Fsp3) is 0.250. The minimum absolute atomic E-state index is 0.347. The van der Waals surface area contributed by atoms with E-state index in [1.165, 1.54) is 18.4 Å². The van der Waals surface area contributed by atoms with Crippen molar-refractivity contribution < 1.29 is 9.53 Å². The van der Waals surface area contributed by atoms with Crippen molar-refractivity contribution in [2.45, 2.75) is 20.3 Å². The molecule has 4 nitrogen and oxygen atoms in total. The van der Waals surface area contributed by atoms with Crippen LogP contribution in [0.5, 0.6) is 0 Å². The number of methoxy groups -OCH3 is 1. The maximum Gasteiger partial charge on any atom is 0.341 e. The van der Waals surface area contributed by atoms with E-state index in [2.05, 4.69) is 26.6 Å². The summed E-state index contributed by atoms with van der Waals surface area (Å²) in [6.07, 6.45) is 0.765. The standard InChI is InChI=1S/C16H17BrN2O2S2/c1-4-12-9(2)23-14(13(12)15(20)21-3)19-16(22)18-11-7-5-10(17)6-8-11/h5-8H,4H2,1-3H3,(H2,18,19,22). The number of thiophene rings is 1. The average molecular weight is 413 g/mol. The Morgan fingerprint density at radius 2 is 1.96 bits per heavy atom. The molecule has 0 aliphatic heterocycles. The second-order valence-electron chi connectivity index (χ2n) is 4.77. The van der Waals surface area contributed by atoms with Crippen LogP contribution in [0.2, 0.25) is 0 Å². The van der Waals surface area contributed by atoms with Gasteiger partial charge in [0.25, 0.3) is 0 Å². The molecule has 0 unspecified atom stereocenters. The summed E-state index contributed by atoms with van der Waals surface area (Å²) in [6.45, 7) is 4.01. The third kappa shape index (κ3) is 4.31. The van der Waals surface area contributed by atoms with Gasteiger partial charge in [-0.1, -0.05) is 22.9 Å². The number of hydrogen-bond donors (Lipinski definition) is 2. The molecule has 2 N–H and O–H groups in total. The predicted octanol–water partition coefficient (Wildman–Crippen LogP) is 4.98. The van der Waals surface area contributed by atoms with Crippen molar-refractivity contribution in [1.29, 1.82) is 0 Å². The van der Waals surface area contributed by atoms with Crippen molar-refractivity contribution >= 4 is 61.3 Å². The molecule has 0 aliphatic carbocycles. The number of carbonyl (C=O) groups excluding carboxylic acids is 1. The number of esters is 1. The summed E-state index contributed by atoms with van der Waals surface area (Å²) in [4.78, 5) is 13.2. The van der Waals surface area contributed by atoms with Crippen LogP contribution in [0.15, 0.2) is 28.7 Å². The lowest BCUT2D eigenvalue weighted by Gasteiger charge is -2.11. The second kappa shape index (κ2) is 7.90. The zero-order valence-corrected chi connectivity index (χ0v) is 16.2. The van der Waals surface area contributed by atoms with E-state index < -0.39 is 0 Å². The van der Waals surface area contributed by atoms with Crippen LogP contribution in [0.25, 0.3) is 0 Å². The summed E-state index contributed by atoms with van der Waals surface area (Å²) < 4.78 is 5.90. The van der Waals surface area contributed by atoms with E-state index >= 15 is 0 Å². The monoisotopic (exact) mass is 412 g/mol. The highest BCUT2D eigenvalue weighted by Gasteiger charge is 2.22. The first kappa shape index (κ1) is 17.9. The van der Waals surface area contributed by atoms with Crippen molar-refractivity contribution in [3.05, 3.63) is 44.7 Å². The Morgan fingerprint density at radius 3 is 2.52 bits per heavy atom. The molecule has 2 aromatic rings. The third-order valence-corrected chi connectivity index (χ3v) is 5.08. The molecule has 7 heteroatoms. The van der Waals surface area contributed by atoms with E-state index in [-0.39, 0.29) is 5.97 Å². The quantitative estimate of drug-likeness (QED) is 0.547. The van der Waals surface area contributed by atoms with Gasteiger partial charge in [-0.2, -0.15) is 0 Å². The van der Waals surface area contributed by atoms with E-state index in [9.17, 15) is 4.79 Å². The van der Waals surface area contributed by atoms with Gasteiger partial charge in [-0.15, -0.1) is 11.3 Å². The van der Waals surface area contributed by atoms with Gasteiger partial charge in [-0.3, -0.25) is 0 Å². The Bertz CT molecular complexity index is 726. The number of anilines is 2. The van der Waals surface area contributed by atoms with Gasteiger partial charge in [-0.05, 0) is 55.4 Å². The number of aryl methyl sites for hydroxylation is 1. The molecular formula is C16H17BrN2O2S2. The van der Waals surface area contributed by atoms with E-state index in [0.29, 0.717) is 15.7 Å². The third-order valence-electron chi connectivity index (χ3n) is 3.28. The summed E-state index contributed by atoms with van der Waals surface area (Å²) in [6, 6.07) is 7.68. The molecule has 0 bridgehead atoms. The van der Waals surface area contributed by atoms with E-state index in [4.69, 9.17) is 17.0 Å². The fourth-order valence-electron chi connectivity index (χ4n) is 2.21. The summed E-state index contributed by atoms with van der Waals surface area (Å²) in [5.41, 5.74) is 2.43. The van der Waals surface area contributed by atoms with E-state index in [1.54, 1.807) is 0 Å². The molecular weight excluding hydrogens is 396 g/mol. The SMILES string of the molecule is CCc1c(C)sc(NC(=S)Nc2ccc(Br)cc2)c1C(=O)OC. The number of carbonyl (C=O) groups is 1. The topological polar surface area (TPSA) is 50.4 Å². The Morgan fingerprint density at radius 1 is 1.30 bits per heavy atom. The van der Waals surface area contributed by atoms with Crippen LogP contribution in [0.4, 0.5) is 10.7 Å². The van der Waals surface area contributed by atoms with E-state index in [1.807, 2.05) is 38.1 Å². The molecule has 0 aliphatic rings. The van der Waals surface area contributed by atoms with Gasteiger partial charge in [0, 0.05) is 15.0 Å². The lowest BCUT2D eigenvalue weighted by atomic mass is 10.1. The highest BCUT2D eigenvalue weighted by molar-refractivity contribution is 9.10. The molecule has 0 atom stereocenters. The summed E-state index contributed by atoms with van der Waals surface area (Å²) in [5.74, 6) is -0.347. The molecule has 1 heterocycles. The number of benzene rings is 1. The molecule has 0 saturated heterocycles. The minimum atomic E-state index is -0.347. The lowest BCUT2D eigenvalue weighted by Crippen LogP contribution is -2.20. The number of nitrogens with one attached hydrogen (secondary N) is 2. The number of ether oxygens (including phenoxy) is 1. The maximum absolute atomic E-state index is 12.1. The van der Waals surface area contributed by atoms with Crippen LogP contribution in [0.1, 0.15) is 27.7 Å². The first-order chi connectivity index (χ1) is 11.0. The molecule has 0 amide bonds. The van der Waals surface area contributed by atoms with Crippen LogP contribution in [-0.4, -0.2) is 18.2 Å². The van der Waals surface area contributed by atoms with Crippen molar-refractivity contribution in [3.63, 3.8) is 0 Å². The Labute approximate surface area is 153 Å². The molecule has 0 saturated carbocycles. The molecule has 0 radical (unpaired) electrons. The van der Waals surface area contributed by atoms with Gasteiger partial charge in [0.05, 0.1) is 12.7 Å². The lowest BCUT2D eigenvalue weighted by molar-refractivity contribution is 0.0601. The highest BCUT2D eigenvalue weighted by Crippen LogP contribution is 2.34. The summed E-state index contributed by atoms with van der Waals surface area (Å²) in [7, 11) is 1.39. The average Bonchev–Trinajstić information content (AvgIpc) is 2.83. The van der Waals surface area contributed by atoms with Crippen molar-refractivity contribution in [2.75, 3.05) is 17.7 Å². The molecule has 23 heavy (non-hydrogen) atoms. The molecule has 1 aromatic heterocycles. The smallest absolute Gasteiger partial charge is 0.341 e. The molecule has 0 fully saturated rings. The molecule has 2 rings (SSSR count). The van der Waals surface area contributed by atoms with Gasteiger partial charge in [-0.25, -0.2) is 4.79 Å². The highest BCUT2D eigenvalue weighted by atomic mass is 79.9. The molecule has 0 spiro atoms. The predicted molar refractivity (Wildman–Crippen MR) is 104 cm³/mol.